The van der Waals surface area contributed by atoms with Gasteiger partial charge in [0.25, 0.3) is 10.0 Å². The number of methoxy groups -OCH3 is 1. The molecule has 4 aliphatic rings. The van der Waals surface area contributed by atoms with E-state index in [1.165, 1.54) is 75.4 Å². The number of anilines is 6. The number of benzene rings is 1. The summed E-state index contributed by atoms with van der Waals surface area (Å²) in [5, 5.41) is 40.5. The Morgan fingerprint density at radius 3 is 1.59 bits per heavy atom. The Morgan fingerprint density at radius 2 is 1.08 bits per heavy atom. The zero-order valence-electron chi connectivity index (χ0n) is 63.6. The molecule has 644 valence electrons. The highest BCUT2D eigenvalue weighted by Crippen LogP contribution is 2.45. The summed E-state index contributed by atoms with van der Waals surface area (Å²) in [5.74, 6) is 5.65. The normalized spacial score (nSPS) is 14.6. The Hall–Kier alpha value is -10.3. The molecule has 0 saturated heterocycles. The molecule has 1 aromatic carbocycles. The largest absolute Gasteiger partial charge is 0.495 e. The van der Waals surface area contributed by atoms with Gasteiger partial charge in [0.2, 0.25) is 36.0 Å². The number of nitrogens with one attached hydrogen (secondary N) is 9. The van der Waals surface area contributed by atoms with Crippen molar-refractivity contribution in [3.63, 3.8) is 0 Å². The van der Waals surface area contributed by atoms with Crippen molar-refractivity contribution in [3.8, 4) is 61.6 Å². The van der Waals surface area contributed by atoms with Gasteiger partial charge in [-0.1, -0.05) is 17.5 Å². The number of ether oxygens (including phenoxy) is 1. The Bertz CT molecular complexity index is 6280. The first-order valence-electron chi connectivity index (χ1n) is 36.1. The van der Waals surface area contributed by atoms with Gasteiger partial charge in [0.15, 0.2) is 40.8 Å². The second kappa shape index (κ2) is 34.8. The van der Waals surface area contributed by atoms with Crippen LogP contribution >= 0.6 is 45.6 Å². The van der Waals surface area contributed by atoms with E-state index >= 15 is 0 Å². The number of halogens is 7. The highest BCUT2D eigenvalue weighted by atomic mass is 35.5. The molecule has 0 bridgehead atoms. The van der Waals surface area contributed by atoms with E-state index in [0.29, 0.717) is 110 Å². The van der Waals surface area contributed by atoms with Crippen molar-refractivity contribution < 1.29 is 76.2 Å². The number of hydrogen-bond donors (Lipinski definition) is 11. The number of imidazole rings is 1. The van der Waals surface area contributed by atoms with E-state index in [1.54, 1.807) is 57.4 Å². The Balaban J connectivity index is 0.000000294. The zero-order chi connectivity index (χ0) is 85.3. The minimum absolute atomic E-state index is 0. The van der Waals surface area contributed by atoms with Gasteiger partial charge in [0, 0.05) is 125 Å². The molecule has 12 aromatic rings. The molecular weight excluding hydrogens is 1720 g/mol. The van der Waals surface area contributed by atoms with Crippen molar-refractivity contribution >= 4 is 121 Å². The third-order valence-electron chi connectivity index (χ3n) is 17.8. The first-order chi connectivity index (χ1) is 56.1. The first kappa shape index (κ1) is 86.6. The smallest absolute Gasteiger partial charge is 0.421 e. The Morgan fingerprint density at radius 1 is 0.580 bits per heavy atom. The monoisotopic (exact) mass is 1810 g/mol. The molecule has 16 rings (SSSR count). The fourth-order valence-electron chi connectivity index (χ4n) is 11.3. The number of sulfonamides is 4. The van der Waals surface area contributed by atoms with Crippen LogP contribution in [0.2, 0.25) is 5.02 Å². The lowest BCUT2D eigenvalue weighted by Crippen LogP contribution is -2.40. The summed E-state index contributed by atoms with van der Waals surface area (Å²) < 4.78 is 187. The predicted molar refractivity (Wildman–Crippen MR) is 451 cm³/mol. The van der Waals surface area contributed by atoms with Gasteiger partial charge >= 0.3 is 12.4 Å². The number of rotatable bonds is 26. The average molecular weight is 1810 g/mol. The highest BCUT2D eigenvalue weighted by Gasteiger charge is 2.39. The second-order valence-corrected chi connectivity index (χ2v) is 39.8. The molecule has 0 radical (unpaired) electrons. The SMILES string of the molecule is C#Cc1cnc(-c2ccc(S(=O)(=O)NCCN(C)C)s2)nc1Nc1cc(C2CC2)[nH]n1.CC(C)(C)NS(=O)(=O)c1ccc(-c2ncc(C(F)(F)F)c(Nc3ncc(C4CC4)[nH]3)n2)s1.COc1ccc(-c2ncc(Cl)c(Cc3cc(C4CC4)n[nH]3)n2)cc1S(N)(=O)=O.NS(=O)(=O)c1ccc(-c2ncc(C(F)(F)F)c(Nc3cc(C4CC4)[nH]n3)n2)s1.[HH].[HH].[HH].[HH].[HH].[HH].[HH].[HH]. The number of aromatic amines is 4. The van der Waals surface area contributed by atoms with Crippen LogP contribution in [0.1, 0.15) is 158 Å². The molecule has 0 amide bonds. The number of nitrogens with two attached hydrogens (primary N) is 2. The number of hydrogen-bond acceptors (Lipinski definition) is 28. The van der Waals surface area contributed by atoms with E-state index in [0.717, 1.165) is 88.2 Å². The van der Waals surface area contributed by atoms with Gasteiger partial charge in [0.1, 0.15) is 46.0 Å². The Kier molecular flexibility index (Phi) is 25.3. The lowest BCUT2D eigenvalue weighted by molar-refractivity contribution is -0.138. The molecule has 119 heavy (non-hydrogen) atoms. The summed E-state index contributed by atoms with van der Waals surface area (Å²) in [7, 11) is -10.1. The number of terminal acetylenes is 1. The quantitative estimate of drug-likeness (QED) is 0.0177. The number of aromatic nitrogens is 16. The van der Waals surface area contributed by atoms with Crippen molar-refractivity contribution in [3.05, 3.63) is 160 Å². The number of likely N-dealkylation sites (N-methyl/N-ethyl adjacent to an activating group) is 1. The summed E-state index contributed by atoms with van der Waals surface area (Å²) in [6, 6.07) is 18.9. The standard InChI is InChI=1S/C20H23N7O2S2.C19H21F3N6O2S2.C18H18ClN5O3S.C15H13F3N6O2S2.8H2/c1-4-13-12-21-20(24-19(13)23-17-11-15(25-26-17)14-5-6-14)16-7-8-18(30-16)31(28,29)22-9-10-27(2)3;1-18(2,3)28-32(29,30)14-7-6-13(31-14)16-23-8-11(19(20,21)22)15(26-16)27-17-24-9-12(25-17)10-4-5-10;1-27-16-5-4-11(6-17(16)28(20,25)26)18-21-9-13(19)15(22-18)8-12-7-14(24-23-12)10-2-3-10;16-15(17,18)8-6-20-14(10-3-4-12(27-10)28(19,25)26)22-13(8)21-11-5-9(23-24-11)7-1-2-7;;;;;;;;/h1,7-8,11-12,14,22H,5-6,9-10H2,2-3H3,(H2,21,23,24,25,26);6-10,28H,4-5H2,1-3H3,(H2,23,24,25,26,27);4-7,9-10H,2-3,8H2,1H3,(H,23,24)(H2,20,25,26);3-7H,1-2H2,(H2,19,25,26)(H2,20,21,22,23,24);8*1H. The summed E-state index contributed by atoms with van der Waals surface area (Å²) in [4.78, 5) is 43.2. The molecule has 0 spiro atoms. The Labute approximate surface area is 706 Å². The molecule has 47 heteroatoms. The van der Waals surface area contributed by atoms with E-state index in [-0.39, 0.29) is 63.0 Å². The fourth-order valence-corrected chi connectivity index (χ4v) is 18.8. The molecule has 4 aliphatic carbocycles. The van der Waals surface area contributed by atoms with Crippen molar-refractivity contribution in [2.45, 2.75) is 138 Å². The van der Waals surface area contributed by atoms with Crippen molar-refractivity contribution in [1.82, 2.24) is 94.8 Å². The van der Waals surface area contributed by atoms with E-state index in [4.69, 9.17) is 33.0 Å². The molecule has 33 nitrogen and oxygen atoms in total. The van der Waals surface area contributed by atoms with Crippen molar-refractivity contribution in [2.75, 3.05) is 50.2 Å². The third kappa shape index (κ3) is 22.6. The molecule has 0 aliphatic heterocycles. The minimum Gasteiger partial charge on any atom is -0.495 e. The van der Waals surface area contributed by atoms with Crippen LogP contribution in [0.25, 0.3) is 43.5 Å². The van der Waals surface area contributed by atoms with Gasteiger partial charge < -0.3 is 30.6 Å². The number of thiophene rings is 3. The molecule has 11 heterocycles. The maximum atomic E-state index is 13.5. The van der Waals surface area contributed by atoms with Crippen LogP contribution in [0.4, 0.5) is 61.4 Å². The lowest BCUT2D eigenvalue weighted by atomic mass is 10.1. The van der Waals surface area contributed by atoms with Gasteiger partial charge in [0.05, 0.1) is 49.9 Å². The molecular formula is C72H91ClF6N24O9S7. The van der Waals surface area contributed by atoms with E-state index in [2.05, 4.69) is 112 Å². The van der Waals surface area contributed by atoms with Crippen LogP contribution in [-0.4, -0.2) is 159 Å². The minimum atomic E-state index is -4.69. The van der Waals surface area contributed by atoms with Crippen LogP contribution in [0, 0.1) is 12.3 Å². The highest BCUT2D eigenvalue weighted by molar-refractivity contribution is 7.92. The fraction of sp³-hybridized carbons (Fsp3) is 0.333. The van der Waals surface area contributed by atoms with Gasteiger partial charge in [-0.25, -0.2) is 98.2 Å². The first-order valence-corrected chi connectivity index (χ1v) is 45.0. The van der Waals surface area contributed by atoms with E-state index in [9.17, 15) is 60.0 Å². The lowest BCUT2D eigenvalue weighted by Gasteiger charge is -2.19. The van der Waals surface area contributed by atoms with E-state index in [1.807, 2.05) is 31.1 Å². The molecule has 13 N–H and O–H groups in total. The van der Waals surface area contributed by atoms with Gasteiger partial charge in [-0.2, -0.15) is 41.6 Å². The summed E-state index contributed by atoms with van der Waals surface area (Å²) in [6.45, 7) is 6.06. The van der Waals surface area contributed by atoms with Gasteiger partial charge in [-0.3, -0.25) is 15.3 Å². The summed E-state index contributed by atoms with van der Waals surface area (Å²) in [5.41, 5.74) is 3.57. The van der Waals surface area contributed by atoms with Crippen LogP contribution < -0.4 is 40.4 Å². The maximum absolute atomic E-state index is 13.5. The van der Waals surface area contributed by atoms with Crippen LogP contribution in [0.3, 0.4) is 0 Å². The van der Waals surface area contributed by atoms with Crippen molar-refractivity contribution in [2.24, 2.45) is 10.3 Å². The van der Waals surface area contributed by atoms with Crippen LogP contribution in [-0.2, 0) is 58.9 Å². The molecule has 0 atom stereocenters. The topological polar surface area (TPSA) is 479 Å². The third-order valence-corrected chi connectivity index (χ3v) is 27.9. The maximum Gasteiger partial charge on any atom is 0.421 e. The summed E-state index contributed by atoms with van der Waals surface area (Å²) in [6.07, 6.45) is 11.4. The summed E-state index contributed by atoms with van der Waals surface area (Å²) >= 11 is 9.02. The molecule has 4 saturated carbocycles. The van der Waals surface area contributed by atoms with Gasteiger partial charge in [-0.15, -0.1) is 40.4 Å². The zero-order valence-corrected chi connectivity index (χ0v) is 70.1. The van der Waals surface area contributed by atoms with E-state index < -0.39 is 80.7 Å². The number of H-pyrrole nitrogens is 4. The van der Waals surface area contributed by atoms with Crippen LogP contribution in [0.5, 0.6) is 5.75 Å². The second-order valence-electron chi connectivity index (χ2n) is 28.9. The number of nitrogens with zero attached hydrogens (tertiary/aromatic N) is 13. The molecule has 4 fully saturated rings. The predicted octanol–water partition coefficient (Wildman–Crippen LogP) is 14.8. The van der Waals surface area contributed by atoms with Crippen LogP contribution in [0.15, 0.2) is 121 Å². The molecule has 11 aromatic heterocycles. The number of alkyl halides is 6. The molecule has 0 unspecified atom stereocenters. The average Bonchev–Trinajstić information content (AvgIpc) is 1.75. The van der Waals surface area contributed by atoms with Gasteiger partial charge in [-0.05, 0) is 147 Å². The number of primary sulfonamides is 2. The van der Waals surface area contributed by atoms with Crippen molar-refractivity contribution in [1.29, 1.82) is 0 Å².